The fraction of sp³-hybridized carbons (Fsp3) is 1.00. The van der Waals surface area contributed by atoms with Gasteiger partial charge in [0.05, 0.1) is 0 Å². The number of hydrogen-bond acceptors (Lipinski definition) is 2. The van der Waals surface area contributed by atoms with Crippen molar-refractivity contribution in [1.82, 2.24) is 4.90 Å². The highest BCUT2D eigenvalue weighted by atomic mass is 32.2. The van der Waals surface area contributed by atoms with Crippen LogP contribution in [0.1, 0.15) is 34.1 Å². The number of rotatable bonds is 7. The maximum Gasteiger partial charge on any atom is 0.00723 e. The number of nitrogens with zero attached hydrogens (tertiary/aromatic N) is 1. The fourth-order valence-electron chi connectivity index (χ4n) is 1.16. The Bertz CT molecular complexity index is 93.8. The van der Waals surface area contributed by atoms with Gasteiger partial charge in [-0.15, -0.1) is 0 Å². The van der Waals surface area contributed by atoms with Crippen LogP contribution in [0.4, 0.5) is 0 Å². The molecule has 0 N–H and O–H groups in total. The van der Waals surface area contributed by atoms with Crippen molar-refractivity contribution in [1.29, 1.82) is 0 Å². The summed E-state index contributed by atoms with van der Waals surface area (Å²) < 4.78 is 0. The van der Waals surface area contributed by atoms with Crippen molar-refractivity contribution in [3.63, 3.8) is 0 Å². The van der Waals surface area contributed by atoms with Crippen LogP contribution in [0.5, 0.6) is 0 Å². The molecule has 0 bridgehead atoms. The van der Waals surface area contributed by atoms with Crippen molar-refractivity contribution in [2.75, 3.05) is 25.4 Å². The lowest BCUT2D eigenvalue weighted by Crippen LogP contribution is -2.26. The van der Waals surface area contributed by atoms with E-state index < -0.39 is 0 Å². The summed E-state index contributed by atoms with van der Waals surface area (Å²) in [7, 11) is 0. The molecule has 0 spiro atoms. The van der Waals surface area contributed by atoms with Gasteiger partial charge in [-0.05, 0) is 24.8 Å². The van der Waals surface area contributed by atoms with E-state index in [0.717, 1.165) is 5.25 Å². The highest BCUT2D eigenvalue weighted by Gasteiger charge is 2.00. The van der Waals surface area contributed by atoms with Gasteiger partial charge in [0.15, 0.2) is 0 Å². The highest BCUT2D eigenvalue weighted by molar-refractivity contribution is 7.99. The summed E-state index contributed by atoms with van der Waals surface area (Å²) >= 11 is 2.06. The lowest BCUT2D eigenvalue weighted by Gasteiger charge is -2.19. The van der Waals surface area contributed by atoms with Gasteiger partial charge in [-0.1, -0.05) is 27.7 Å². The van der Waals surface area contributed by atoms with Gasteiger partial charge in [0.25, 0.3) is 0 Å². The van der Waals surface area contributed by atoms with Crippen molar-refractivity contribution in [3.8, 4) is 0 Å². The number of thioether (sulfide) groups is 1. The van der Waals surface area contributed by atoms with Gasteiger partial charge in [-0.3, -0.25) is 0 Å². The van der Waals surface area contributed by atoms with Crippen LogP contribution < -0.4 is 0 Å². The molecule has 12 heavy (non-hydrogen) atoms. The van der Waals surface area contributed by atoms with E-state index in [1.165, 1.54) is 31.8 Å². The average molecular weight is 189 g/mol. The standard InChI is InChI=1S/C10H23NS/c1-5-7-11(6-2)8-9-12-10(3)4/h10H,5-9H2,1-4H3. The molecule has 0 aliphatic carbocycles. The first-order valence-electron chi connectivity index (χ1n) is 5.04. The van der Waals surface area contributed by atoms with Crippen LogP contribution >= 0.6 is 11.8 Å². The van der Waals surface area contributed by atoms with Crippen LogP contribution in [-0.4, -0.2) is 35.5 Å². The minimum atomic E-state index is 0.783. The van der Waals surface area contributed by atoms with Crippen LogP contribution in [-0.2, 0) is 0 Å². The monoisotopic (exact) mass is 189 g/mol. The fourth-order valence-corrected chi connectivity index (χ4v) is 2.00. The van der Waals surface area contributed by atoms with Crippen LogP contribution in [0, 0.1) is 0 Å². The molecule has 0 aliphatic rings. The largest absolute Gasteiger partial charge is 0.303 e. The van der Waals surface area contributed by atoms with Crippen molar-refractivity contribution >= 4 is 11.8 Å². The molecular weight excluding hydrogens is 166 g/mol. The molecule has 0 aromatic heterocycles. The van der Waals surface area contributed by atoms with Crippen molar-refractivity contribution in [2.45, 2.75) is 39.4 Å². The Morgan fingerprint density at radius 3 is 2.25 bits per heavy atom. The smallest absolute Gasteiger partial charge is 0.00723 e. The first-order chi connectivity index (χ1) is 5.70. The second kappa shape index (κ2) is 7.93. The topological polar surface area (TPSA) is 3.24 Å². The molecule has 1 nitrogen and oxygen atoms in total. The quantitative estimate of drug-likeness (QED) is 0.606. The highest BCUT2D eigenvalue weighted by Crippen LogP contribution is 2.08. The van der Waals surface area contributed by atoms with E-state index in [4.69, 9.17) is 0 Å². The molecule has 0 rings (SSSR count). The molecule has 0 fully saturated rings. The molecule has 0 atom stereocenters. The van der Waals surface area contributed by atoms with E-state index >= 15 is 0 Å². The molecule has 0 aliphatic heterocycles. The zero-order valence-corrected chi connectivity index (χ0v) is 9.78. The predicted molar refractivity (Wildman–Crippen MR) is 60.0 cm³/mol. The summed E-state index contributed by atoms with van der Waals surface area (Å²) in [5.74, 6) is 1.28. The molecule has 0 heterocycles. The first kappa shape index (κ1) is 12.3. The molecule has 0 aromatic carbocycles. The third-order valence-electron chi connectivity index (χ3n) is 1.85. The molecule has 0 aromatic rings. The van der Waals surface area contributed by atoms with Gasteiger partial charge in [-0.2, -0.15) is 11.8 Å². The first-order valence-corrected chi connectivity index (χ1v) is 6.09. The zero-order valence-electron chi connectivity index (χ0n) is 8.97. The van der Waals surface area contributed by atoms with E-state index in [2.05, 4.69) is 44.4 Å². The van der Waals surface area contributed by atoms with Crippen molar-refractivity contribution in [3.05, 3.63) is 0 Å². The Morgan fingerprint density at radius 1 is 1.17 bits per heavy atom. The maximum atomic E-state index is 2.52. The summed E-state index contributed by atoms with van der Waals surface area (Å²) in [6, 6.07) is 0. The van der Waals surface area contributed by atoms with Gasteiger partial charge in [0, 0.05) is 12.3 Å². The molecule has 0 amide bonds. The minimum Gasteiger partial charge on any atom is -0.303 e. The van der Waals surface area contributed by atoms with Gasteiger partial charge >= 0.3 is 0 Å². The molecule has 0 saturated carbocycles. The lowest BCUT2D eigenvalue weighted by atomic mass is 10.4. The summed E-state index contributed by atoms with van der Waals surface area (Å²) in [4.78, 5) is 2.52. The SMILES string of the molecule is CCCN(CC)CCSC(C)C. The van der Waals surface area contributed by atoms with E-state index in [9.17, 15) is 0 Å². The molecule has 0 unspecified atom stereocenters. The Morgan fingerprint density at radius 2 is 1.83 bits per heavy atom. The minimum absolute atomic E-state index is 0.783. The van der Waals surface area contributed by atoms with Crippen molar-refractivity contribution in [2.24, 2.45) is 0 Å². The third kappa shape index (κ3) is 6.99. The normalized spacial score (nSPS) is 11.5. The average Bonchev–Trinajstić information content (AvgIpc) is 2.02. The summed E-state index contributed by atoms with van der Waals surface area (Å²) in [6.07, 6.45) is 1.28. The maximum absolute atomic E-state index is 2.52. The molecule has 0 saturated heterocycles. The van der Waals surface area contributed by atoms with Gasteiger partial charge in [-0.25, -0.2) is 0 Å². The Balaban J connectivity index is 3.31. The van der Waals surface area contributed by atoms with E-state index in [1.54, 1.807) is 0 Å². The molecular formula is C10H23NS. The predicted octanol–water partition coefficient (Wildman–Crippen LogP) is 2.86. The van der Waals surface area contributed by atoms with Gasteiger partial charge in [0.2, 0.25) is 0 Å². The summed E-state index contributed by atoms with van der Waals surface area (Å²) in [5.41, 5.74) is 0. The Kier molecular flexibility index (Phi) is 8.14. The van der Waals surface area contributed by atoms with Crippen LogP contribution in [0.15, 0.2) is 0 Å². The zero-order chi connectivity index (χ0) is 9.40. The van der Waals surface area contributed by atoms with E-state index in [-0.39, 0.29) is 0 Å². The van der Waals surface area contributed by atoms with Crippen LogP contribution in [0.25, 0.3) is 0 Å². The second-order valence-electron chi connectivity index (χ2n) is 3.35. The van der Waals surface area contributed by atoms with Crippen molar-refractivity contribution < 1.29 is 0 Å². The summed E-state index contributed by atoms with van der Waals surface area (Å²) in [5, 5.41) is 0.783. The molecule has 74 valence electrons. The van der Waals surface area contributed by atoms with Gasteiger partial charge < -0.3 is 4.90 Å². The van der Waals surface area contributed by atoms with E-state index in [0.29, 0.717) is 0 Å². The molecule has 0 radical (unpaired) electrons. The molecule has 2 heteroatoms. The second-order valence-corrected chi connectivity index (χ2v) is 5.04. The van der Waals surface area contributed by atoms with Crippen LogP contribution in [0.2, 0.25) is 0 Å². The third-order valence-corrected chi connectivity index (χ3v) is 2.93. The van der Waals surface area contributed by atoms with Gasteiger partial charge in [0.1, 0.15) is 0 Å². The summed E-state index contributed by atoms with van der Waals surface area (Å²) in [6.45, 7) is 12.7. The Labute approximate surface area is 81.9 Å². The Hall–Kier alpha value is 0.310. The number of hydrogen-bond donors (Lipinski definition) is 0. The van der Waals surface area contributed by atoms with E-state index in [1.807, 2.05) is 0 Å². The van der Waals surface area contributed by atoms with Crippen LogP contribution in [0.3, 0.4) is 0 Å². The lowest BCUT2D eigenvalue weighted by molar-refractivity contribution is 0.307.